The SMILES string of the molecule is c1ccc(-c2nn(-c3ccccc3)c(-c3ccccc3)c2B(c2cccc(-n3cc[n+](-c4ccccc4)c3)c2)c2ccc3c4ccccc4n(-c4ccccn4)c3c2)cc1. The number of benzene rings is 7. The number of hydrogen-bond acceptors (Lipinski definition) is 2. The van der Waals surface area contributed by atoms with Crippen molar-refractivity contribution < 1.29 is 4.57 Å². The van der Waals surface area contributed by atoms with Gasteiger partial charge in [-0.15, -0.1) is 0 Å². The number of pyridine rings is 1. The van der Waals surface area contributed by atoms with Crippen molar-refractivity contribution in [3.05, 3.63) is 231 Å². The molecule has 0 saturated heterocycles. The molecule has 4 aromatic heterocycles. The van der Waals surface area contributed by atoms with Gasteiger partial charge in [0.25, 0.3) is 6.33 Å². The molecular weight excluding hydrogens is 731 g/mol. The fraction of sp³-hybridized carbons (Fsp3) is 0. The molecule has 282 valence electrons. The molecular formula is C53H38BN6+. The third-order valence-corrected chi connectivity index (χ3v) is 11.4. The first-order valence-electron chi connectivity index (χ1n) is 20.3. The van der Waals surface area contributed by atoms with Gasteiger partial charge < -0.3 is 0 Å². The Bertz CT molecular complexity index is 3250. The van der Waals surface area contributed by atoms with Crippen LogP contribution in [0.4, 0.5) is 0 Å². The molecule has 0 aliphatic rings. The van der Waals surface area contributed by atoms with Crippen LogP contribution < -0.4 is 21.0 Å². The second-order valence-electron chi connectivity index (χ2n) is 15.0. The zero-order chi connectivity index (χ0) is 39.8. The number of aromatic nitrogens is 6. The summed E-state index contributed by atoms with van der Waals surface area (Å²) in [5.74, 6) is 0.880. The summed E-state index contributed by atoms with van der Waals surface area (Å²) in [6.07, 6.45) is 8.23. The first-order chi connectivity index (χ1) is 29.8. The van der Waals surface area contributed by atoms with Crippen LogP contribution in [0.15, 0.2) is 231 Å². The highest BCUT2D eigenvalue weighted by molar-refractivity contribution is 6.97. The molecule has 0 aliphatic heterocycles. The zero-order valence-electron chi connectivity index (χ0n) is 32.7. The van der Waals surface area contributed by atoms with E-state index in [0.717, 1.165) is 72.8 Å². The lowest BCUT2D eigenvalue weighted by Gasteiger charge is -2.20. The summed E-state index contributed by atoms with van der Waals surface area (Å²) in [6, 6.07) is 72.9. The second-order valence-corrected chi connectivity index (χ2v) is 15.0. The van der Waals surface area contributed by atoms with Gasteiger partial charge in [0.2, 0.25) is 6.71 Å². The van der Waals surface area contributed by atoms with Crippen molar-refractivity contribution in [3.8, 4) is 45.4 Å². The summed E-state index contributed by atoms with van der Waals surface area (Å²) >= 11 is 0. The van der Waals surface area contributed by atoms with E-state index in [1.54, 1.807) is 0 Å². The normalized spacial score (nSPS) is 11.3. The van der Waals surface area contributed by atoms with Crippen molar-refractivity contribution in [3.63, 3.8) is 0 Å². The average molecular weight is 770 g/mol. The van der Waals surface area contributed by atoms with Gasteiger partial charge in [-0.2, -0.15) is 5.10 Å². The van der Waals surface area contributed by atoms with Crippen LogP contribution in [0.2, 0.25) is 0 Å². The van der Waals surface area contributed by atoms with Gasteiger partial charge in [-0.25, -0.2) is 18.8 Å². The van der Waals surface area contributed by atoms with Crippen LogP contribution in [-0.2, 0) is 0 Å². The van der Waals surface area contributed by atoms with Crippen LogP contribution in [0, 0.1) is 0 Å². The van der Waals surface area contributed by atoms with Crippen LogP contribution in [0.1, 0.15) is 0 Å². The van der Waals surface area contributed by atoms with Crippen molar-refractivity contribution in [2.24, 2.45) is 0 Å². The van der Waals surface area contributed by atoms with E-state index in [1.165, 1.54) is 10.8 Å². The van der Waals surface area contributed by atoms with Gasteiger partial charge in [-0.05, 0) is 71.7 Å². The maximum Gasteiger partial charge on any atom is 0.254 e. The molecule has 7 aromatic carbocycles. The number of nitrogens with zero attached hydrogens (tertiary/aromatic N) is 6. The molecule has 0 saturated carbocycles. The molecule has 0 aliphatic carbocycles. The largest absolute Gasteiger partial charge is 0.294 e. The monoisotopic (exact) mass is 769 g/mol. The van der Waals surface area contributed by atoms with E-state index in [4.69, 9.17) is 10.1 Å². The first kappa shape index (κ1) is 35.2. The summed E-state index contributed by atoms with van der Waals surface area (Å²) in [6.45, 7) is -0.246. The minimum absolute atomic E-state index is 0.246. The summed E-state index contributed by atoms with van der Waals surface area (Å²) in [7, 11) is 0. The Kier molecular flexibility index (Phi) is 8.82. The van der Waals surface area contributed by atoms with Crippen LogP contribution >= 0.6 is 0 Å². The van der Waals surface area contributed by atoms with Gasteiger partial charge in [-0.3, -0.25) is 4.57 Å². The van der Waals surface area contributed by atoms with Crippen molar-refractivity contribution in [2.75, 3.05) is 0 Å². The van der Waals surface area contributed by atoms with Crippen molar-refractivity contribution >= 4 is 44.9 Å². The van der Waals surface area contributed by atoms with Gasteiger partial charge in [0.05, 0.1) is 28.1 Å². The minimum atomic E-state index is -0.246. The summed E-state index contributed by atoms with van der Waals surface area (Å²) < 4.78 is 8.79. The average Bonchev–Trinajstić information content (AvgIpc) is 4.06. The van der Waals surface area contributed by atoms with Crippen LogP contribution in [0.5, 0.6) is 0 Å². The van der Waals surface area contributed by atoms with E-state index in [-0.39, 0.29) is 6.71 Å². The predicted octanol–water partition coefficient (Wildman–Crippen LogP) is 9.28. The second kappa shape index (κ2) is 15.0. The Morgan fingerprint density at radius 3 is 1.92 bits per heavy atom. The lowest BCUT2D eigenvalue weighted by atomic mass is 9.36. The Balaban J connectivity index is 1.22. The minimum Gasteiger partial charge on any atom is -0.294 e. The highest BCUT2D eigenvalue weighted by atomic mass is 15.3. The third kappa shape index (κ3) is 6.21. The molecule has 0 radical (unpaired) electrons. The summed E-state index contributed by atoms with van der Waals surface area (Å²) in [5, 5.41) is 7.94. The Labute approximate surface area is 348 Å². The maximum atomic E-state index is 5.57. The Morgan fingerprint density at radius 2 is 1.15 bits per heavy atom. The Morgan fingerprint density at radius 1 is 0.500 bits per heavy atom. The lowest BCUT2D eigenvalue weighted by molar-refractivity contribution is -0.594. The number of rotatable bonds is 9. The van der Waals surface area contributed by atoms with E-state index in [2.05, 4.69) is 231 Å². The molecule has 0 unspecified atom stereocenters. The number of hydrogen-bond donors (Lipinski definition) is 0. The van der Waals surface area contributed by atoms with Crippen molar-refractivity contribution in [2.45, 2.75) is 0 Å². The fourth-order valence-electron chi connectivity index (χ4n) is 8.69. The van der Waals surface area contributed by atoms with Crippen LogP contribution in [-0.4, -0.2) is 30.6 Å². The quantitative estimate of drug-likeness (QED) is 0.109. The van der Waals surface area contributed by atoms with Crippen molar-refractivity contribution in [1.29, 1.82) is 0 Å². The smallest absolute Gasteiger partial charge is 0.254 e. The molecule has 4 heterocycles. The third-order valence-electron chi connectivity index (χ3n) is 11.4. The molecule has 7 heteroatoms. The Hall–Kier alpha value is -8.03. The molecule has 0 N–H and O–H groups in total. The molecule has 0 spiro atoms. The fourth-order valence-corrected chi connectivity index (χ4v) is 8.69. The topological polar surface area (TPSA) is 44.5 Å². The number of para-hydroxylation sites is 3. The summed E-state index contributed by atoms with van der Waals surface area (Å²) in [5.41, 5.74) is 12.9. The standard InChI is InChI=1S/C53H38BN6/c1-5-18-39(19-6-1)52-51(53(40-20-7-2-8-21-40)60(56-52)44-25-11-4-12-26-44)54(41-22-17-27-45(36-41)58-35-34-57(38-58)43-23-9-3-10-24-43)42-31-32-47-46-28-13-14-29-48(46)59(49(47)37-42)50-30-15-16-33-55-50/h1-38H/q+1. The molecule has 0 atom stereocenters. The van der Waals surface area contributed by atoms with Crippen molar-refractivity contribution in [1.82, 2.24) is 23.9 Å². The van der Waals surface area contributed by atoms with Gasteiger partial charge in [0.1, 0.15) is 29.6 Å². The van der Waals surface area contributed by atoms with Gasteiger partial charge in [0.15, 0.2) is 0 Å². The first-order valence-corrected chi connectivity index (χ1v) is 20.3. The van der Waals surface area contributed by atoms with E-state index in [0.29, 0.717) is 0 Å². The number of imidazole rings is 1. The molecule has 0 amide bonds. The van der Waals surface area contributed by atoms with Gasteiger partial charge in [-0.1, -0.05) is 157 Å². The molecule has 11 aromatic rings. The molecule has 60 heavy (non-hydrogen) atoms. The highest BCUT2D eigenvalue weighted by Crippen LogP contribution is 2.32. The van der Waals surface area contributed by atoms with Crippen LogP contribution in [0.3, 0.4) is 0 Å². The molecule has 0 bridgehead atoms. The van der Waals surface area contributed by atoms with E-state index >= 15 is 0 Å². The maximum absolute atomic E-state index is 5.57. The van der Waals surface area contributed by atoms with E-state index < -0.39 is 0 Å². The van der Waals surface area contributed by atoms with E-state index in [9.17, 15) is 0 Å². The number of fused-ring (bicyclic) bond motifs is 3. The van der Waals surface area contributed by atoms with Crippen LogP contribution in [0.25, 0.3) is 67.2 Å². The van der Waals surface area contributed by atoms with E-state index in [1.807, 2.05) is 18.3 Å². The molecule has 11 rings (SSSR count). The predicted molar refractivity (Wildman–Crippen MR) is 245 cm³/mol. The van der Waals surface area contributed by atoms with Gasteiger partial charge >= 0.3 is 0 Å². The molecule has 0 fully saturated rings. The van der Waals surface area contributed by atoms with Gasteiger partial charge in [0, 0.05) is 22.5 Å². The summed E-state index contributed by atoms with van der Waals surface area (Å²) in [4.78, 5) is 4.87. The zero-order valence-corrected chi connectivity index (χ0v) is 32.7. The highest BCUT2D eigenvalue weighted by Gasteiger charge is 2.34. The lowest BCUT2D eigenvalue weighted by Crippen LogP contribution is -2.53. The molecule has 6 nitrogen and oxygen atoms in total.